The zero-order valence-electron chi connectivity index (χ0n) is 17.3. The van der Waals surface area contributed by atoms with E-state index >= 15 is 4.39 Å². The maximum Gasteiger partial charge on any atom is 0.264 e. The highest BCUT2D eigenvalue weighted by atomic mass is 35.5. The number of H-pyrrole nitrogens is 1. The predicted molar refractivity (Wildman–Crippen MR) is 127 cm³/mol. The van der Waals surface area contributed by atoms with E-state index in [2.05, 4.69) is 20.3 Å². The molecule has 0 unspecified atom stereocenters. The lowest BCUT2D eigenvalue weighted by atomic mass is 10.1. The van der Waals surface area contributed by atoms with Gasteiger partial charge in [0.1, 0.15) is 23.2 Å². The first-order valence-electron chi connectivity index (χ1n) is 10.1. The molecule has 3 aromatic heterocycles. The number of fused-ring (bicyclic) bond motifs is 2. The van der Waals surface area contributed by atoms with E-state index in [1.807, 2.05) is 0 Å². The molecular weight excluding hydrogens is 445 g/mol. The summed E-state index contributed by atoms with van der Waals surface area (Å²) in [7, 11) is 0. The van der Waals surface area contributed by atoms with E-state index in [1.54, 1.807) is 49.4 Å². The highest BCUT2D eigenvalue weighted by Crippen LogP contribution is 2.30. The van der Waals surface area contributed by atoms with Gasteiger partial charge in [0.05, 0.1) is 22.1 Å². The minimum absolute atomic E-state index is 0.0834. The van der Waals surface area contributed by atoms with Gasteiger partial charge >= 0.3 is 0 Å². The van der Waals surface area contributed by atoms with Crippen LogP contribution in [0.25, 0.3) is 27.5 Å². The van der Waals surface area contributed by atoms with Crippen molar-refractivity contribution in [3.63, 3.8) is 0 Å². The minimum atomic E-state index is -0.751. The summed E-state index contributed by atoms with van der Waals surface area (Å²) < 4.78 is 17.3. The molecule has 0 radical (unpaired) electrons. The fraction of sp³-hybridized carbons (Fsp3) is 0.0833. The number of rotatable bonds is 4. The van der Waals surface area contributed by atoms with Gasteiger partial charge in [0, 0.05) is 23.3 Å². The molecule has 2 N–H and O–H groups in total. The first kappa shape index (κ1) is 20.8. The van der Waals surface area contributed by atoms with Gasteiger partial charge in [-0.25, -0.2) is 14.4 Å². The number of benzene rings is 2. The van der Waals surface area contributed by atoms with Gasteiger partial charge in [0.25, 0.3) is 5.56 Å². The second-order valence-electron chi connectivity index (χ2n) is 7.49. The highest BCUT2D eigenvalue weighted by Gasteiger charge is 2.24. The quantitative estimate of drug-likeness (QED) is 0.408. The standard InChI is InChI=1S/C24H17ClFN5O2/c1-13(30-23-19-17(32)10-11-27-22(19)28-12-29-23)21-20(26)15-8-5-9-16(25)18(15)24(33)31(21)14-6-3-2-4-7-14/h2-13H,1H3,(H2,27,28,29,30,32)/t13-/m0/s1. The van der Waals surface area contributed by atoms with Crippen LogP contribution in [0.2, 0.25) is 5.02 Å². The topological polar surface area (TPSA) is 92.7 Å². The Labute approximate surface area is 191 Å². The number of aromatic amines is 1. The maximum atomic E-state index is 16.0. The van der Waals surface area contributed by atoms with E-state index in [0.717, 1.165) is 0 Å². The number of hydrogen-bond acceptors (Lipinski definition) is 5. The molecule has 0 bridgehead atoms. The molecule has 1 atom stereocenters. The van der Waals surface area contributed by atoms with E-state index in [1.165, 1.54) is 29.2 Å². The second kappa shape index (κ2) is 8.14. The first-order valence-corrected chi connectivity index (χ1v) is 10.5. The molecule has 33 heavy (non-hydrogen) atoms. The SMILES string of the molecule is C[C@H](Nc1ncnc2[nH]ccc(=O)c12)c1c(F)c2cccc(Cl)c2c(=O)n1-c1ccccc1. The summed E-state index contributed by atoms with van der Waals surface area (Å²) in [6.45, 7) is 1.69. The molecule has 9 heteroatoms. The Kier molecular flexibility index (Phi) is 5.14. The molecular formula is C24H17ClFN5O2. The van der Waals surface area contributed by atoms with Crippen molar-refractivity contribution in [2.24, 2.45) is 0 Å². The molecule has 0 fully saturated rings. The van der Waals surface area contributed by atoms with E-state index in [0.29, 0.717) is 11.3 Å². The van der Waals surface area contributed by atoms with Crippen molar-refractivity contribution in [2.75, 3.05) is 5.32 Å². The number of halogens is 2. The number of nitrogens with one attached hydrogen (secondary N) is 2. The summed E-state index contributed by atoms with van der Waals surface area (Å²) in [5.41, 5.74) is 0.179. The van der Waals surface area contributed by atoms with Crippen LogP contribution < -0.4 is 16.3 Å². The Morgan fingerprint density at radius 2 is 1.82 bits per heavy atom. The minimum Gasteiger partial charge on any atom is -0.361 e. The maximum absolute atomic E-state index is 16.0. The van der Waals surface area contributed by atoms with Crippen molar-refractivity contribution in [1.29, 1.82) is 0 Å². The van der Waals surface area contributed by atoms with Crippen LogP contribution >= 0.6 is 11.6 Å². The number of anilines is 1. The molecule has 7 nitrogen and oxygen atoms in total. The summed E-state index contributed by atoms with van der Waals surface area (Å²) in [6, 6.07) is 14.0. The van der Waals surface area contributed by atoms with Crippen LogP contribution in [0, 0.1) is 5.82 Å². The van der Waals surface area contributed by atoms with Crippen molar-refractivity contribution in [3.05, 3.63) is 104 Å². The molecule has 5 rings (SSSR count). The molecule has 0 aliphatic carbocycles. The average molecular weight is 462 g/mol. The van der Waals surface area contributed by atoms with Crippen LogP contribution in [0.5, 0.6) is 0 Å². The lowest BCUT2D eigenvalue weighted by molar-refractivity contribution is 0.583. The van der Waals surface area contributed by atoms with E-state index in [9.17, 15) is 9.59 Å². The number of aromatic nitrogens is 4. The molecule has 0 saturated heterocycles. The van der Waals surface area contributed by atoms with Crippen LogP contribution in [-0.4, -0.2) is 19.5 Å². The number of pyridine rings is 2. The first-order chi connectivity index (χ1) is 16.0. The Morgan fingerprint density at radius 1 is 1.03 bits per heavy atom. The third-order valence-electron chi connectivity index (χ3n) is 5.46. The average Bonchev–Trinajstić information content (AvgIpc) is 2.81. The van der Waals surface area contributed by atoms with Crippen molar-refractivity contribution in [1.82, 2.24) is 19.5 Å². The van der Waals surface area contributed by atoms with Crippen LogP contribution in [0.15, 0.2) is 76.7 Å². The highest BCUT2D eigenvalue weighted by molar-refractivity contribution is 6.35. The Morgan fingerprint density at radius 3 is 2.61 bits per heavy atom. The van der Waals surface area contributed by atoms with Gasteiger partial charge in [-0.15, -0.1) is 0 Å². The van der Waals surface area contributed by atoms with Crippen molar-refractivity contribution < 1.29 is 4.39 Å². The Bertz CT molecular complexity index is 1630. The van der Waals surface area contributed by atoms with E-state index < -0.39 is 17.4 Å². The third-order valence-corrected chi connectivity index (χ3v) is 5.77. The van der Waals surface area contributed by atoms with Crippen LogP contribution in [0.3, 0.4) is 0 Å². The fourth-order valence-electron chi connectivity index (χ4n) is 3.99. The molecule has 0 aliphatic heterocycles. The smallest absolute Gasteiger partial charge is 0.264 e. The number of para-hydroxylation sites is 1. The summed E-state index contributed by atoms with van der Waals surface area (Å²) in [6.07, 6.45) is 2.79. The van der Waals surface area contributed by atoms with E-state index in [4.69, 9.17) is 11.6 Å². The molecule has 0 saturated carbocycles. The second-order valence-corrected chi connectivity index (χ2v) is 7.90. The van der Waals surface area contributed by atoms with E-state index in [-0.39, 0.29) is 38.1 Å². The van der Waals surface area contributed by atoms with Crippen LogP contribution in [0.1, 0.15) is 18.7 Å². The monoisotopic (exact) mass is 461 g/mol. The van der Waals surface area contributed by atoms with Gasteiger partial charge in [0.15, 0.2) is 11.2 Å². The Balaban J connectivity index is 1.77. The lowest BCUT2D eigenvalue weighted by Gasteiger charge is -2.22. The Hall–Kier alpha value is -4.04. The number of hydrogen-bond donors (Lipinski definition) is 2. The van der Waals surface area contributed by atoms with Crippen LogP contribution in [0.4, 0.5) is 10.2 Å². The lowest BCUT2D eigenvalue weighted by Crippen LogP contribution is -2.28. The molecule has 0 amide bonds. The van der Waals surface area contributed by atoms with Gasteiger partial charge in [-0.2, -0.15) is 0 Å². The van der Waals surface area contributed by atoms with Gasteiger partial charge < -0.3 is 10.3 Å². The zero-order chi connectivity index (χ0) is 23.1. The van der Waals surface area contributed by atoms with Crippen LogP contribution in [-0.2, 0) is 0 Å². The molecule has 164 valence electrons. The van der Waals surface area contributed by atoms with Crippen molar-refractivity contribution in [3.8, 4) is 5.69 Å². The zero-order valence-corrected chi connectivity index (χ0v) is 18.1. The molecule has 5 aromatic rings. The third kappa shape index (κ3) is 3.44. The largest absolute Gasteiger partial charge is 0.361 e. The summed E-state index contributed by atoms with van der Waals surface area (Å²) in [5, 5.41) is 3.72. The number of nitrogens with zero attached hydrogens (tertiary/aromatic N) is 3. The summed E-state index contributed by atoms with van der Waals surface area (Å²) in [5.74, 6) is -0.366. The molecule has 3 heterocycles. The summed E-state index contributed by atoms with van der Waals surface area (Å²) >= 11 is 6.29. The normalized spacial score (nSPS) is 12.2. The van der Waals surface area contributed by atoms with Gasteiger partial charge in [-0.1, -0.05) is 41.9 Å². The van der Waals surface area contributed by atoms with Crippen molar-refractivity contribution >= 4 is 39.2 Å². The van der Waals surface area contributed by atoms with Crippen molar-refractivity contribution in [2.45, 2.75) is 13.0 Å². The van der Waals surface area contributed by atoms with Gasteiger partial charge in [-0.05, 0) is 25.1 Å². The molecule has 0 spiro atoms. The van der Waals surface area contributed by atoms with Gasteiger partial charge in [-0.3, -0.25) is 14.2 Å². The fourth-order valence-corrected chi connectivity index (χ4v) is 4.25. The van der Waals surface area contributed by atoms with Gasteiger partial charge in [0.2, 0.25) is 0 Å². The molecule has 2 aromatic carbocycles. The predicted octanol–water partition coefficient (Wildman–Crippen LogP) is 4.59. The summed E-state index contributed by atoms with van der Waals surface area (Å²) in [4.78, 5) is 37.2. The molecule has 0 aliphatic rings.